The van der Waals surface area contributed by atoms with Gasteiger partial charge in [0.1, 0.15) is 0 Å². The Morgan fingerprint density at radius 1 is 1.10 bits per heavy atom. The largest absolute Gasteiger partial charge is 0.356 e. The highest BCUT2D eigenvalue weighted by molar-refractivity contribution is 9.10. The smallest absolute Gasteiger partial charge is 0.263 e. The standard InChI is InChI=1S/C16H15BrN2O2/c1-10-12(17)7-5-9-13(10)19-15(20)11-6-3-4-8-14(11)18(2)16(19)21/h3-9,16,21H,1-2H3. The van der Waals surface area contributed by atoms with Crippen molar-refractivity contribution in [2.45, 2.75) is 13.3 Å². The third-order valence-corrected chi connectivity index (χ3v) is 4.67. The van der Waals surface area contributed by atoms with Gasteiger partial charge in [-0.25, -0.2) is 0 Å². The Morgan fingerprint density at radius 2 is 1.76 bits per heavy atom. The highest BCUT2D eigenvalue weighted by atomic mass is 79.9. The summed E-state index contributed by atoms with van der Waals surface area (Å²) in [5.74, 6) is -0.197. The van der Waals surface area contributed by atoms with E-state index in [1.807, 2.05) is 43.3 Å². The summed E-state index contributed by atoms with van der Waals surface area (Å²) in [5, 5.41) is 10.5. The lowest BCUT2D eigenvalue weighted by molar-refractivity contribution is 0.0866. The van der Waals surface area contributed by atoms with Crippen LogP contribution in [0.15, 0.2) is 46.9 Å². The van der Waals surface area contributed by atoms with E-state index in [4.69, 9.17) is 0 Å². The normalized spacial score (nSPS) is 17.9. The number of nitrogens with zero attached hydrogens (tertiary/aromatic N) is 2. The Morgan fingerprint density at radius 3 is 2.52 bits per heavy atom. The molecule has 1 N–H and O–H groups in total. The lowest BCUT2D eigenvalue weighted by atomic mass is 10.1. The van der Waals surface area contributed by atoms with Crippen LogP contribution in [0, 0.1) is 6.92 Å². The van der Waals surface area contributed by atoms with Gasteiger partial charge in [0.2, 0.25) is 6.35 Å². The summed E-state index contributed by atoms with van der Waals surface area (Å²) in [6.45, 7) is 1.92. The van der Waals surface area contributed by atoms with Crippen LogP contribution in [0.25, 0.3) is 0 Å². The number of anilines is 2. The second-order valence-corrected chi connectivity index (χ2v) is 5.89. The maximum atomic E-state index is 12.8. The number of carbonyl (C=O) groups is 1. The molecular formula is C16H15BrN2O2. The molecule has 1 heterocycles. The number of carbonyl (C=O) groups excluding carboxylic acids is 1. The fourth-order valence-electron chi connectivity index (χ4n) is 2.59. The van der Waals surface area contributed by atoms with E-state index in [1.165, 1.54) is 4.90 Å². The molecule has 108 valence electrons. The van der Waals surface area contributed by atoms with Gasteiger partial charge in [-0.15, -0.1) is 0 Å². The van der Waals surface area contributed by atoms with Crippen molar-refractivity contribution in [1.82, 2.24) is 0 Å². The third-order valence-electron chi connectivity index (χ3n) is 3.81. The molecule has 2 aromatic carbocycles. The second-order valence-electron chi connectivity index (χ2n) is 5.03. The topological polar surface area (TPSA) is 43.8 Å². The molecule has 1 amide bonds. The molecule has 0 aliphatic carbocycles. The molecule has 0 bridgehead atoms. The quantitative estimate of drug-likeness (QED) is 0.862. The molecule has 4 nitrogen and oxygen atoms in total. The van der Waals surface area contributed by atoms with Gasteiger partial charge in [-0.1, -0.05) is 34.1 Å². The molecule has 0 saturated heterocycles. The van der Waals surface area contributed by atoms with Gasteiger partial charge in [0.15, 0.2) is 0 Å². The van der Waals surface area contributed by atoms with Crippen LogP contribution in [-0.4, -0.2) is 24.4 Å². The maximum absolute atomic E-state index is 12.8. The van der Waals surface area contributed by atoms with Crippen LogP contribution in [0.1, 0.15) is 15.9 Å². The van der Waals surface area contributed by atoms with E-state index >= 15 is 0 Å². The average Bonchev–Trinajstić information content (AvgIpc) is 2.49. The van der Waals surface area contributed by atoms with Gasteiger partial charge < -0.3 is 10.0 Å². The Kier molecular flexibility index (Phi) is 3.47. The predicted molar refractivity (Wildman–Crippen MR) is 86.5 cm³/mol. The molecule has 0 radical (unpaired) electrons. The van der Waals surface area contributed by atoms with E-state index in [2.05, 4.69) is 15.9 Å². The lowest BCUT2D eigenvalue weighted by Gasteiger charge is -2.41. The summed E-state index contributed by atoms with van der Waals surface area (Å²) in [5.41, 5.74) is 2.93. The molecule has 1 aliphatic heterocycles. The van der Waals surface area contributed by atoms with Crippen LogP contribution in [0.4, 0.5) is 11.4 Å². The van der Waals surface area contributed by atoms with E-state index in [1.54, 1.807) is 18.0 Å². The highest BCUT2D eigenvalue weighted by Crippen LogP contribution is 2.35. The van der Waals surface area contributed by atoms with Gasteiger partial charge in [0.25, 0.3) is 5.91 Å². The van der Waals surface area contributed by atoms with Crippen LogP contribution < -0.4 is 9.80 Å². The highest BCUT2D eigenvalue weighted by Gasteiger charge is 2.36. The first-order valence-corrected chi connectivity index (χ1v) is 7.40. The summed E-state index contributed by atoms with van der Waals surface area (Å²) in [6.07, 6.45) is -1.03. The molecule has 0 saturated carbocycles. The van der Waals surface area contributed by atoms with E-state index < -0.39 is 6.35 Å². The monoisotopic (exact) mass is 346 g/mol. The third kappa shape index (κ3) is 2.13. The molecule has 0 fully saturated rings. The summed E-state index contributed by atoms with van der Waals surface area (Å²) in [7, 11) is 1.77. The van der Waals surface area contributed by atoms with Crippen molar-refractivity contribution in [3.63, 3.8) is 0 Å². The molecule has 3 rings (SSSR count). The molecule has 21 heavy (non-hydrogen) atoms. The summed E-state index contributed by atoms with van der Waals surface area (Å²) in [4.78, 5) is 15.9. The zero-order valence-electron chi connectivity index (χ0n) is 11.7. The molecule has 0 spiro atoms. The molecular weight excluding hydrogens is 332 g/mol. The van der Waals surface area contributed by atoms with Crippen molar-refractivity contribution in [3.8, 4) is 0 Å². The number of benzene rings is 2. The SMILES string of the molecule is Cc1c(Br)cccc1N1C(=O)c2ccccc2N(C)C1O. The van der Waals surface area contributed by atoms with Crippen molar-refractivity contribution < 1.29 is 9.90 Å². The summed E-state index contributed by atoms with van der Waals surface area (Å²) < 4.78 is 0.904. The first kappa shape index (κ1) is 14.1. The van der Waals surface area contributed by atoms with E-state index in [0.29, 0.717) is 11.3 Å². The molecule has 2 aromatic rings. The van der Waals surface area contributed by atoms with Crippen molar-refractivity contribution >= 4 is 33.2 Å². The average molecular weight is 347 g/mol. The van der Waals surface area contributed by atoms with Gasteiger partial charge in [-0.3, -0.25) is 9.69 Å². The number of hydrogen-bond donors (Lipinski definition) is 1. The summed E-state index contributed by atoms with van der Waals surface area (Å²) >= 11 is 3.47. The Balaban J connectivity index is 2.16. The molecule has 1 aliphatic rings. The second kappa shape index (κ2) is 5.16. The Hall–Kier alpha value is -1.85. The van der Waals surface area contributed by atoms with Crippen LogP contribution in [0.2, 0.25) is 0 Å². The number of amides is 1. The van der Waals surface area contributed by atoms with Crippen molar-refractivity contribution in [3.05, 3.63) is 58.1 Å². The summed E-state index contributed by atoms with van der Waals surface area (Å²) in [6, 6.07) is 12.9. The minimum atomic E-state index is -1.03. The van der Waals surface area contributed by atoms with E-state index in [-0.39, 0.29) is 5.91 Å². The van der Waals surface area contributed by atoms with Gasteiger partial charge in [-0.05, 0) is 36.8 Å². The predicted octanol–water partition coefficient (Wildman–Crippen LogP) is 3.13. The maximum Gasteiger partial charge on any atom is 0.263 e. The molecule has 5 heteroatoms. The first-order chi connectivity index (χ1) is 10.0. The van der Waals surface area contributed by atoms with Gasteiger partial charge in [0.05, 0.1) is 16.9 Å². The van der Waals surface area contributed by atoms with E-state index in [9.17, 15) is 9.90 Å². The number of halogens is 1. The number of hydrogen-bond acceptors (Lipinski definition) is 3. The number of fused-ring (bicyclic) bond motifs is 1. The Labute approximate surface area is 131 Å². The minimum absolute atomic E-state index is 0.197. The van der Waals surface area contributed by atoms with Crippen molar-refractivity contribution in [1.29, 1.82) is 0 Å². The van der Waals surface area contributed by atoms with Gasteiger partial charge >= 0.3 is 0 Å². The molecule has 0 aromatic heterocycles. The van der Waals surface area contributed by atoms with Crippen LogP contribution in [0.5, 0.6) is 0 Å². The van der Waals surface area contributed by atoms with Gasteiger partial charge in [-0.2, -0.15) is 0 Å². The number of aliphatic hydroxyl groups excluding tert-OH is 1. The van der Waals surface area contributed by atoms with Gasteiger partial charge in [0, 0.05) is 11.5 Å². The molecule has 1 unspecified atom stereocenters. The zero-order valence-corrected chi connectivity index (χ0v) is 13.3. The number of rotatable bonds is 1. The fourth-order valence-corrected chi connectivity index (χ4v) is 2.94. The van der Waals surface area contributed by atoms with Crippen molar-refractivity contribution in [2.24, 2.45) is 0 Å². The fraction of sp³-hybridized carbons (Fsp3) is 0.188. The van der Waals surface area contributed by atoms with Crippen LogP contribution in [-0.2, 0) is 0 Å². The van der Waals surface area contributed by atoms with Crippen LogP contribution >= 0.6 is 15.9 Å². The lowest BCUT2D eigenvalue weighted by Crippen LogP contribution is -2.54. The number of para-hydroxylation sites is 1. The van der Waals surface area contributed by atoms with Crippen LogP contribution in [0.3, 0.4) is 0 Å². The Bertz CT molecular complexity index is 717. The number of aliphatic hydroxyl groups is 1. The van der Waals surface area contributed by atoms with Crippen molar-refractivity contribution in [2.75, 3.05) is 16.8 Å². The van der Waals surface area contributed by atoms with E-state index in [0.717, 1.165) is 15.7 Å². The first-order valence-electron chi connectivity index (χ1n) is 6.61. The zero-order chi connectivity index (χ0) is 15.1. The molecule has 1 atom stereocenters. The minimum Gasteiger partial charge on any atom is -0.356 e.